The van der Waals surface area contributed by atoms with Crippen molar-refractivity contribution in [1.29, 1.82) is 0 Å². The Morgan fingerprint density at radius 1 is 1.50 bits per heavy atom. The van der Waals surface area contributed by atoms with E-state index < -0.39 is 9.84 Å². The topological polar surface area (TPSA) is 67.4 Å². The molecule has 7 heteroatoms. The van der Waals surface area contributed by atoms with Crippen LogP contribution in [0.5, 0.6) is 0 Å². The Morgan fingerprint density at radius 3 is 2.81 bits per heavy atom. The summed E-state index contributed by atoms with van der Waals surface area (Å²) in [5.74, 6) is 0.309. The molecule has 1 aliphatic rings. The van der Waals surface area contributed by atoms with Crippen LogP contribution in [0.3, 0.4) is 0 Å². The molecular weight excluding hydrogens is 248 g/mol. The molecule has 2 N–H and O–H groups in total. The van der Waals surface area contributed by atoms with E-state index in [0.717, 1.165) is 12.8 Å². The van der Waals surface area contributed by atoms with E-state index in [9.17, 15) is 8.42 Å². The molecule has 94 valence electrons. The largest absolute Gasteiger partial charge is 0.383 e. The van der Waals surface area contributed by atoms with Crippen LogP contribution >= 0.6 is 12.2 Å². The molecule has 0 radical (unpaired) electrons. The summed E-state index contributed by atoms with van der Waals surface area (Å²) in [5.41, 5.74) is 0. The summed E-state index contributed by atoms with van der Waals surface area (Å²) in [7, 11) is -1.27. The Bertz CT molecular complexity index is 330. The third kappa shape index (κ3) is 4.23. The van der Waals surface area contributed by atoms with Gasteiger partial charge in [0.25, 0.3) is 0 Å². The monoisotopic (exact) mass is 266 g/mol. The fraction of sp³-hybridized carbons (Fsp3) is 0.889. The van der Waals surface area contributed by atoms with Crippen LogP contribution in [0.4, 0.5) is 0 Å². The molecule has 1 fully saturated rings. The van der Waals surface area contributed by atoms with Gasteiger partial charge < -0.3 is 15.4 Å². The number of hydrogen-bond donors (Lipinski definition) is 2. The van der Waals surface area contributed by atoms with E-state index >= 15 is 0 Å². The summed E-state index contributed by atoms with van der Waals surface area (Å²) >= 11 is 5.00. The maximum absolute atomic E-state index is 11.5. The van der Waals surface area contributed by atoms with Crippen LogP contribution in [0.1, 0.15) is 12.8 Å². The van der Waals surface area contributed by atoms with Crippen molar-refractivity contribution in [1.82, 2.24) is 10.6 Å². The zero-order chi connectivity index (χ0) is 12.0. The Hall–Kier alpha value is -0.400. The molecule has 0 spiro atoms. The average Bonchev–Trinajstić information content (AvgIpc) is 2.55. The van der Waals surface area contributed by atoms with E-state index in [1.807, 2.05) is 0 Å². The molecule has 1 aliphatic heterocycles. The first-order chi connectivity index (χ1) is 7.56. The molecular formula is C9H18N2O3S2. The highest BCUT2D eigenvalue weighted by molar-refractivity contribution is 7.92. The molecule has 0 aromatic heterocycles. The summed E-state index contributed by atoms with van der Waals surface area (Å²) < 4.78 is 27.9. The third-order valence-electron chi connectivity index (χ3n) is 2.54. The molecule has 0 amide bonds. The lowest BCUT2D eigenvalue weighted by Gasteiger charge is -2.13. The Balaban J connectivity index is 2.21. The number of methoxy groups -OCH3 is 1. The maximum Gasteiger partial charge on any atom is 0.166 e. The molecule has 16 heavy (non-hydrogen) atoms. The standard InChI is InChI=1S/C9H18N2O3S2/c1-14-5-4-10-9(15)11-7-8-3-2-6-16(8,12)13/h8H,2-7H2,1H3,(H2,10,11,15). The Morgan fingerprint density at radius 2 is 2.25 bits per heavy atom. The highest BCUT2D eigenvalue weighted by Gasteiger charge is 2.30. The van der Waals surface area contributed by atoms with Crippen LogP contribution in [0.15, 0.2) is 0 Å². The molecule has 1 rings (SSSR count). The molecule has 0 aromatic rings. The molecule has 1 unspecified atom stereocenters. The van der Waals surface area contributed by atoms with Crippen molar-refractivity contribution >= 4 is 27.2 Å². The number of nitrogens with one attached hydrogen (secondary N) is 2. The minimum absolute atomic E-state index is 0.283. The predicted octanol–water partition coefficient (Wildman–Crippen LogP) is -0.326. The first-order valence-corrected chi connectivity index (χ1v) is 7.41. The fourth-order valence-corrected chi connectivity index (χ4v) is 3.57. The predicted molar refractivity (Wildman–Crippen MR) is 67.3 cm³/mol. The van der Waals surface area contributed by atoms with Crippen molar-refractivity contribution in [3.63, 3.8) is 0 Å². The summed E-state index contributed by atoms with van der Waals surface area (Å²) in [4.78, 5) is 0. The molecule has 1 heterocycles. The van der Waals surface area contributed by atoms with Gasteiger partial charge in [0.15, 0.2) is 14.9 Å². The summed E-state index contributed by atoms with van der Waals surface area (Å²) in [6, 6.07) is 0. The molecule has 0 bridgehead atoms. The van der Waals surface area contributed by atoms with Gasteiger partial charge in [-0.3, -0.25) is 0 Å². The highest BCUT2D eigenvalue weighted by Crippen LogP contribution is 2.18. The molecule has 0 aliphatic carbocycles. The van der Waals surface area contributed by atoms with Crippen LogP contribution in [-0.4, -0.2) is 51.3 Å². The van der Waals surface area contributed by atoms with Crippen molar-refractivity contribution in [3.8, 4) is 0 Å². The van der Waals surface area contributed by atoms with Gasteiger partial charge in [-0.25, -0.2) is 8.42 Å². The van der Waals surface area contributed by atoms with E-state index in [-0.39, 0.29) is 5.25 Å². The van der Waals surface area contributed by atoms with E-state index in [4.69, 9.17) is 17.0 Å². The summed E-state index contributed by atoms with van der Waals surface area (Å²) in [5, 5.41) is 6.06. The smallest absolute Gasteiger partial charge is 0.166 e. The van der Waals surface area contributed by atoms with Crippen molar-refractivity contribution in [2.24, 2.45) is 0 Å². The zero-order valence-electron chi connectivity index (χ0n) is 9.36. The quantitative estimate of drug-likeness (QED) is 0.525. The normalized spacial score (nSPS) is 22.9. The van der Waals surface area contributed by atoms with Crippen molar-refractivity contribution in [3.05, 3.63) is 0 Å². The first kappa shape index (κ1) is 13.7. The number of thiocarbonyl (C=S) groups is 1. The van der Waals surface area contributed by atoms with Crippen molar-refractivity contribution in [2.45, 2.75) is 18.1 Å². The van der Waals surface area contributed by atoms with Gasteiger partial charge in [-0.05, 0) is 25.1 Å². The second-order valence-electron chi connectivity index (χ2n) is 3.76. The maximum atomic E-state index is 11.5. The summed E-state index contributed by atoms with van der Waals surface area (Å²) in [6.07, 6.45) is 1.49. The number of sulfone groups is 1. The minimum Gasteiger partial charge on any atom is -0.383 e. The SMILES string of the molecule is COCCNC(=S)NCC1CCCS1(=O)=O. The Labute approximate surface area is 102 Å². The first-order valence-electron chi connectivity index (χ1n) is 5.28. The number of rotatable bonds is 5. The Kier molecular flexibility index (Phi) is 5.43. The van der Waals surface area contributed by atoms with E-state index in [0.29, 0.717) is 30.6 Å². The lowest BCUT2D eigenvalue weighted by molar-refractivity contribution is 0.204. The van der Waals surface area contributed by atoms with Crippen LogP contribution < -0.4 is 10.6 Å². The zero-order valence-corrected chi connectivity index (χ0v) is 11.0. The van der Waals surface area contributed by atoms with Crippen LogP contribution in [0.2, 0.25) is 0 Å². The number of ether oxygens (including phenoxy) is 1. The van der Waals surface area contributed by atoms with Gasteiger partial charge in [-0.1, -0.05) is 0 Å². The van der Waals surface area contributed by atoms with Crippen molar-refractivity contribution < 1.29 is 13.2 Å². The second kappa shape index (κ2) is 6.36. The number of hydrogen-bond acceptors (Lipinski definition) is 4. The minimum atomic E-state index is -2.88. The van der Waals surface area contributed by atoms with Gasteiger partial charge in [0.2, 0.25) is 0 Å². The van der Waals surface area contributed by atoms with Gasteiger partial charge >= 0.3 is 0 Å². The third-order valence-corrected chi connectivity index (χ3v) is 5.11. The van der Waals surface area contributed by atoms with Gasteiger partial charge in [0.1, 0.15) is 0 Å². The van der Waals surface area contributed by atoms with Crippen LogP contribution in [0.25, 0.3) is 0 Å². The lowest BCUT2D eigenvalue weighted by atomic mass is 10.2. The highest BCUT2D eigenvalue weighted by atomic mass is 32.2. The lowest BCUT2D eigenvalue weighted by Crippen LogP contribution is -2.41. The van der Waals surface area contributed by atoms with E-state index in [2.05, 4.69) is 10.6 Å². The second-order valence-corrected chi connectivity index (χ2v) is 6.57. The van der Waals surface area contributed by atoms with Crippen molar-refractivity contribution in [2.75, 3.05) is 32.6 Å². The average molecular weight is 266 g/mol. The van der Waals surface area contributed by atoms with Gasteiger partial charge in [-0.15, -0.1) is 0 Å². The van der Waals surface area contributed by atoms with Crippen LogP contribution in [0, 0.1) is 0 Å². The van der Waals surface area contributed by atoms with Crippen LogP contribution in [-0.2, 0) is 14.6 Å². The molecule has 0 aromatic carbocycles. The van der Waals surface area contributed by atoms with Gasteiger partial charge in [0, 0.05) is 20.2 Å². The molecule has 0 saturated carbocycles. The molecule has 1 atom stereocenters. The molecule has 1 saturated heterocycles. The fourth-order valence-electron chi connectivity index (χ4n) is 1.62. The molecule has 5 nitrogen and oxygen atoms in total. The van der Waals surface area contributed by atoms with E-state index in [1.165, 1.54) is 0 Å². The van der Waals surface area contributed by atoms with Gasteiger partial charge in [-0.2, -0.15) is 0 Å². The van der Waals surface area contributed by atoms with E-state index in [1.54, 1.807) is 7.11 Å². The van der Waals surface area contributed by atoms with Gasteiger partial charge in [0.05, 0.1) is 17.6 Å². The summed E-state index contributed by atoms with van der Waals surface area (Å²) in [6.45, 7) is 1.60.